The molecule has 0 atom stereocenters. The molecular formula is C26H20N2O3. The first-order valence-corrected chi connectivity index (χ1v) is 9.83. The maximum Gasteiger partial charge on any atom is 0.255 e. The maximum absolute atomic E-state index is 12.5. The molecule has 0 aliphatic carbocycles. The third-order valence-corrected chi connectivity index (χ3v) is 4.45. The molecule has 0 bridgehead atoms. The van der Waals surface area contributed by atoms with Crippen molar-refractivity contribution in [1.29, 1.82) is 0 Å². The molecule has 0 saturated carbocycles. The molecule has 152 valence electrons. The lowest BCUT2D eigenvalue weighted by atomic mass is 10.2. The maximum atomic E-state index is 12.5. The van der Waals surface area contributed by atoms with E-state index in [1.54, 1.807) is 24.4 Å². The highest BCUT2D eigenvalue weighted by atomic mass is 16.5. The number of ether oxygens (including phenoxy) is 2. The second-order valence-corrected chi connectivity index (χ2v) is 6.59. The van der Waals surface area contributed by atoms with Crippen molar-refractivity contribution in [2.24, 2.45) is 0 Å². The molecule has 0 radical (unpaired) electrons. The average Bonchev–Trinajstić information content (AvgIpc) is 2.82. The Morgan fingerprint density at radius 1 is 0.871 bits per heavy atom. The third kappa shape index (κ3) is 5.40. The summed E-state index contributed by atoms with van der Waals surface area (Å²) < 4.78 is 11.5. The van der Waals surface area contributed by atoms with Crippen LogP contribution >= 0.6 is 0 Å². The van der Waals surface area contributed by atoms with Gasteiger partial charge in [0.25, 0.3) is 5.91 Å². The third-order valence-electron chi connectivity index (χ3n) is 4.45. The van der Waals surface area contributed by atoms with Gasteiger partial charge < -0.3 is 14.8 Å². The zero-order valence-corrected chi connectivity index (χ0v) is 16.7. The van der Waals surface area contributed by atoms with Gasteiger partial charge in [-0.25, -0.2) is 0 Å². The molecule has 0 saturated heterocycles. The fourth-order valence-electron chi connectivity index (χ4n) is 2.95. The number of nitrogens with zero attached hydrogens (tertiary/aromatic N) is 1. The van der Waals surface area contributed by atoms with Crippen LogP contribution in [0.15, 0.2) is 91.1 Å². The summed E-state index contributed by atoms with van der Waals surface area (Å²) in [4.78, 5) is 16.8. The average molecular weight is 408 g/mol. The van der Waals surface area contributed by atoms with Crippen molar-refractivity contribution in [2.45, 2.75) is 0 Å². The smallest absolute Gasteiger partial charge is 0.255 e. The number of hydrogen-bond donors (Lipinski definition) is 1. The van der Waals surface area contributed by atoms with Crippen molar-refractivity contribution in [1.82, 2.24) is 10.3 Å². The fraction of sp³-hybridized carbons (Fsp3) is 0.0769. The molecule has 5 heteroatoms. The molecule has 0 unspecified atom stereocenters. The zero-order chi connectivity index (χ0) is 21.3. The molecule has 4 rings (SSSR count). The minimum atomic E-state index is -0.248. The number of rotatable bonds is 6. The van der Waals surface area contributed by atoms with Gasteiger partial charge in [0.15, 0.2) is 0 Å². The van der Waals surface area contributed by atoms with E-state index in [9.17, 15) is 4.79 Å². The highest BCUT2D eigenvalue weighted by molar-refractivity contribution is 5.97. The molecule has 3 aromatic carbocycles. The van der Waals surface area contributed by atoms with E-state index in [0.717, 1.165) is 10.9 Å². The quantitative estimate of drug-likeness (QED) is 0.464. The molecule has 1 heterocycles. The number of para-hydroxylation sites is 2. The molecule has 5 nitrogen and oxygen atoms in total. The number of amides is 1. The van der Waals surface area contributed by atoms with E-state index in [0.29, 0.717) is 22.8 Å². The van der Waals surface area contributed by atoms with Crippen LogP contribution in [-0.2, 0) is 0 Å². The number of nitrogens with one attached hydrogen (secondary N) is 1. The Morgan fingerprint density at radius 3 is 2.61 bits per heavy atom. The first-order chi connectivity index (χ1) is 15.3. The van der Waals surface area contributed by atoms with Crippen LogP contribution in [0.3, 0.4) is 0 Å². The lowest BCUT2D eigenvalue weighted by Gasteiger charge is -2.10. The second kappa shape index (κ2) is 9.95. The van der Waals surface area contributed by atoms with Gasteiger partial charge in [0.1, 0.15) is 23.9 Å². The molecule has 0 aliphatic rings. The summed E-state index contributed by atoms with van der Waals surface area (Å²) in [6.45, 7) is 0.434. The van der Waals surface area contributed by atoms with Crippen LogP contribution in [0.5, 0.6) is 17.2 Å². The number of benzene rings is 3. The van der Waals surface area contributed by atoms with Crippen LogP contribution in [0.2, 0.25) is 0 Å². The number of pyridine rings is 1. The SMILES string of the molecule is O=C(NCC#CCOc1ccc2cccnc2c1)c1ccccc1Oc1ccccc1. The van der Waals surface area contributed by atoms with E-state index < -0.39 is 0 Å². The molecule has 0 fully saturated rings. The van der Waals surface area contributed by atoms with Crippen molar-refractivity contribution in [3.8, 4) is 29.1 Å². The molecule has 1 N–H and O–H groups in total. The van der Waals surface area contributed by atoms with Crippen LogP contribution in [0.1, 0.15) is 10.4 Å². The summed E-state index contributed by atoms with van der Waals surface area (Å²) in [7, 11) is 0. The minimum absolute atomic E-state index is 0.209. The van der Waals surface area contributed by atoms with E-state index in [4.69, 9.17) is 9.47 Å². The summed E-state index contributed by atoms with van der Waals surface area (Å²) in [6, 6.07) is 26.1. The molecule has 1 amide bonds. The van der Waals surface area contributed by atoms with Gasteiger partial charge in [0, 0.05) is 17.6 Å². The van der Waals surface area contributed by atoms with Crippen LogP contribution in [0.25, 0.3) is 10.9 Å². The van der Waals surface area contributed by atoms with E-state index in [2.05, 4.69) is 22.1 Å². The highest BCUT2D eigenvalue weighted by Crippen LogP contribution is 2.24. The molecular weight excluding hydrogens is 388 g/mol. The van der Waals surface area contributed by atoms with E-state index in [1.807, 2.05) is 66.7 Å². The van der Waals surface area contributed by atoms with Gasteiger partial charge in [-0.1, -0.05) is 48.2 Å². The fourth-order valence-corrected chi connectivity index (χ4v) is 2.95. The summed E-state index contributed by atoms with van der Waals surface area (Å²) in [5.41, 5.74) is 1.32. The van der Waals surface area contributed by atoms with Crippen LogP contribution in [-0.4, -0.2) is 24.0 Å². The number of carbonyl (C=O) groups is 1. The molecule has 31 heavy (non-hydrogen) atoms. The van der Waals surface area contributed by atoms with Gasteiger partial charge in [-0.15, -0.1) is 0 Å². The normalized spacial score (nSPS) is 10.1. The van der Waals surface area contributed by atoms with Gasteiger partial charge >= 0.3 is 0 Å². The largest absolute Gasteiger partial charge is 0.481 e. The van der Waals surface area contributed by atoms with Gasteiger partial charge in [-0.2, -0.15) is 0 Å². The van der Waals surface area contributed by atoms with Crippen LogP contribution in [0, 0.1) is 11.8 Å². The van der Waals surface area contributed by atoms with Crippen molar-refractivity contribution in [2.75, 3.05) is 13.2 Å². The molecule has 1 aromatic heterocycles. The predicted molar refractivity (Wildman–Crippen MR) is 120 cm³/mol. The number of aromatic nitrogens is 1. The first kappa shape index (κ1) is 20.0. The lowest BCUT2D eigenvalue weighted by Crippen LogP contribution is -2.24. The molecule has 0 aliphatic heterocycles. The Labute approximate surface area is 180 Å². The van der Waals surface area contributed by atoms with Gasteiger partial charge in [-0.05, 0) is 42.5 Å². The van der Waals surface area contributed by atoms with Crippen molar-refractivity contribution in [3.63, 3.8) is 0 Å². The van der Waals surface area contributed by atoms with E-state index in [1.165, 1.54) is 0 Å². The Hall–Kier alpha value is -4.30. The summed E-state index contributed by atoms with van der Waals surface area (Å²) in [5.74, 6) is 7.42. The minimum Gasteiger partial charge on any atom is -0.481 e. The Kier molecular flexibility index (Phi) is 6.42. The number of carbonyl (C=O) groups excluding carboxylic acids is 1. The second-order valence-electron chi connectivity index (χ2n) is 6.59. The van der Waals surface area contributed by atoms with E-state index in [-0.39, 0.29) is 19.1 Å². The topological polar surface area (TPSA) is 60.5 Å². The van der Waals surface area contributed by atoms with Crippen molar-refractivity contribution < 1.29 is 14.3 Å². The van der Waals surface area contributed by atoms with Gasteiger partial charge in [-0.3, -0.25) is 9.78 Å². The van der Waals surface area contributed by atoms with Crippen molar-refractivity contribution >= 4 is 16.8 Å². The Morgan fingerprint density at radius 2 is 1.71 bits per heavy atom. The predicted octanol–water partition coefficient (Wildman–Crippen LogP) is 4.84. The van der Waals surface area contributed by atoms with E-state index >= 15 is 0 Å². The highest BCUT2D eigenvalue weighted by Gasteiger charge is 2.11. The molecule has 4 aromatic rings. The van der Waals surface area contributed by atoms with Gasteiger partial charge in [0.05, 0.1) is 17.6 Å². The monoisotopic (exact) mass is 408 g/mol. The first-order valence-electron chi connectivity index (χ1n) is 9.83. The number of fused-ring (bicyclic) bond motifs is 1. The summed E-state index contributed by atoms with van der Waals surface area (Å²) in [6.07, 6.45) is 1.75. The molecule has 0 spiro atoms. The van der Waals surface area contributed by atoms with Crippen LogP contribution in [0.4, 0.5) is 0 Å². The Bertz CT molecular complexity index is 1240. The number of hydrogen-bond acceptors (Lipinski definition) is 4. The van der Waals surface area contributed by atoms with Crippen LogP contribution < -0.4 is 14.8 Å². The zero-order valence-electron chi connectivity index (χ0n) is 16.7. The summed E-state index contributed by atoms with van der Waals surface area (Å²) >= 11 is 0. The Balaban J connectivity index is 1.29. The lowest BCUT2D eigenvalue weighted by molar-refractivity contribution is 0.0956. The summed E-state index contributed by atoms with van der Waals surface area (Å²) in [5, 5.41) is 3.85. The van der Waals surface area contributed by atoms with Crippen molar-refractivity contribution in [3.05, 3.63) is 96.7 Å². The van der Waals surface area contributed by atoms with Gasteiger partial charge in [0.2, 0.25) is 0 Å². The standard InChI is InChI=1S/C26H20N2O3/c29-26(23-12-4-5-13-25(23)31-21-10-2-1-3-11-21)28-16-6-7-18-30-22-15-14-20-9-8-17-27-24(20)19-22/h1-5,8-15,17,19H,16,18H2,(H,28,29).